The summed E-state index contributed by atoms with van der Waals surface area (Å²) < 4.78 is 5.27. The Morgan fingerprint density at radius 2 is 0.833 bits per heavy atom. The Bertz CT molecular complexity index is 2510. The van der Waals surface area contributed by atoms with Crippen LogP contribution in [0.2, 0.25) is 5.02 Å². The number of nitrogens with zero attached hydrogens (tertiary/aromatic N) is 12. The van der Waals surface area contributed by atoms with Crippen LogP contribution >= 0.6 is 11.6 Å². The molecule has 6 heterocycles. The van der Waals surface area contributed by atoms with Crippen LogP contribution in [0.3, 0.4) is 0 Å². The molecule has 3 aromatic rings. The van der Waals surface area contributed by atoms with Crippen LogP contribution < -0.4 is 19.4 Å². The topological polar surface area (TPSA) is 99.3 Å². The van der Waals surface area contributed by atoms with Crippen LogP contribution in [-0.2, 0) is 14.4 Å². The van der Waals surface area contributed by atoms with E-state index in [0.29, 0.717) is 49.4 Å². The summed E-state index contributed by atoms with van der Waals surface area (Å²) in [6.07, 6.45) is 16.4. The average Bonchev–Trinajstić information content (AvgIpc) is 4.47. The van der Waals surface area contributed by atoms with Crippen molar-refractivity contribution in [2.45, 2.75) is 128 Å². The Labute approximate surface area is 509 Å². The first-order chi connectivity index (χ1) is 40.9. The largest absolute Gasteiger partial charge is 0.497 e. The molecule has 0 radical (unpaired) electrons. The Morgan fingerprint density at radius 3 is 1.24 bits per heavy atom. The second kappa shape index (κ2) is 30.8. The predicted molar refractivity (Wildman–Crippen MR) is 342 cm³/mol. The van der Waals surface area contributed by atoms with Crippen LogP contribution in [0.15, 0.2) is 72.8 Å². The molecule has 3 saturated carbocycles. The number of hydrogen-bond donors (Lipinski definition) is 0. The minimum absolute atomic E-state index is 0.303. The van der Waals surface area contributed by atoms with Gasteiger partial charge in [-0.3, -0.25) is 43.8 Å². The number of anilines is 3. The van der Waals surface area contributed by atoms with Gasteiger partial charge in [-0.25, -0.2) is 0 Å². The molecule has 462 valence electrons. The molecule has 2 atom stereocenters. The number of carbonyl (C=O) groups is 3. The van der Waals surface area contributed by atoms with E-state index in [-0.39, 0.29) is 0 Å². The van der Waals surface area contributed by atoms with Gasteiger partial charge in [-0.05, 0) is 119 Å². The molecule has 6 aliphatic heterocycles. The lowest BCUT2D eigenvalue weighted by Crippen LogP contribution is -2.56. The monoisotopic (exact) mass is 1170 g/mol. The maximum atomic E-state index is 12.9. The van der Waals surface area contributed by atoms with Gasteiger partial charge in [-0.1, -0.05) is 68.3 Å². The van der Waals surface area contributed by atoms with Crippen LogP contribution in [0.25, 0.3) is 0 Å². The van der Waals surface area contributed by atoms with E-state index < -0.39 is 0 Å². The summed E-state index contributed by atoms with van der Waals surface area (Å²) in [5, 5.41) is 0.779. The van der Waals surface area contributed by atoms with E-state index in [0.717, 1.165) is 173 Å². The molecule has 17 heteroatoms. The lowest BCUT2D eigenvalue weighted by Gasteiger charge is -2.42. The van der Waals surface area contributed by atoms with E-state index >= 15 is 0 Å². The number of ether oxygens (including phenoxy) is 1. The molecule has 9 aliphatic rings. The summed E-state index contributed by atoms with van der Waals surface area (Å²) in [6, 6.07) is 28.2. The van der Waals surface area contributed by atoms with Gasteiger partial charge in [0.1, 0.15) is 5.75 Å². The molecule has 3 aromatic carbocycles. The van der Waals surface area contributed by atoms with Gasteiger partial charge in [0.05, 0.1) is 26.7 Å². The van der Waals surface area contributed by atoms with Gasteiger partial charge < -0.3 is 34.1 Å². The molecule has 16 nitrogen and oxygen atoms in total. The highest BCUT2D eigenvalue weighted by Gasteiger charge is 2.34. The zero-order valence-electron chi connectivity index (χ0n) is 51.9. The maximum Gasteiger partial charge on any atom is 0.236 e. The lowest BCUT2D eigenvalue weighted by atomic mass is 10.1. The van der Waals surface area contributed by atoms with E-state index in [1.165, 1.54) is 99.7 Å². The predicted octanol–water partition coefficient (Wildman–Crippen LogP) is 7.43. The van der Waals surface area contributed by atoms with E-state index in [4.69, 9.17) is 16.3 Å². The van der Waals surface area contributed by atoms with Crippen molar-refractivity contribution >= 4 is 46.4 Å². The molecule has 9 fully saturated rings. The molecular formula is C67H103ClN12O4. The molecule has 0 N–H and O–H groups in total. The van der Waals surface area contributed by atoms with Crippen LogP contribution in [0, 0.1) is 6.92 Å². The van der Waals surface area contributed by atoms with Gasteiger partial charge >= 0.3 is 0 Å². The summed E-state index contributed by atoms with van der Waals surface area (Å²) in [5.74, 6) is 1.82. The van der Waals surface area contributed by atoms with Crippen molar-refractivity contribution < 1.29 is 19.1 Å². The fraction of sp³-hybridized carbons (Fsp3) is 0.687. The quantitative estimate of drug-likeness (QED) is 0.170. The van der Waals surface area contributed by atoms with Crippen LogP contribution in [-0.4, -0.2) is 263 Å². The van der Waals surface area contributed by atoms with Crippen molar-refractivity contribution in [2.75, 3.05) is 185 Å². The van der Waals surface area contributed by atoms with Gasteiger partial charge in [0.2, 0.25) is 17.7 Å². The van der Waals surface area contributed by atoms with Crippen LogP contribution in [0.4, 0.5) is 17.1 Å². The number of halogens is 1. The van der Waals surface area contributed by atoms with Crippen LogP contribution in [0.5, 0.6) is 5.75 Å². The number of piperazine rings is 6. The van der Waals surface area contributed by atoms with Gasteiger partial charge in [0.25, 0.3) is 0 Å². The minimum Gasteiger partial charge on any atom is -0.497 e. The standard InChI is InChI=1S/C23H36N4O2.C23H36N4O.C21H31ClN4O/c1-19-17-24(11-16-27(19)21-7-9-22(29-2)10-8-21)18-23(28)26-14-12-25(13-15-26)20-5-3-4-6-20;1-19-6-5-9-22(16-19)27-15-10-24(17-20(27)2)18-23(28)26-13-11-25(12-14-26)21-7-3-4-8-21;22-18-4-3-7-20(16-18)25-10-8-23(9-11-25)17-21(27)26-14-12-24(13-15-26)19-5-1-2-6-19/h7-10,19-20H,3-6,11-18H2,1-2H3;5-6,9,16,20-21H,3-4,7-8,10-15,17-18H2,1-2H3;3-4,7,16,19H,1-2,5-6,8-15,17H2. The summed E-state index contributed by atoms with van der Waals surface area (Å²) >= 11 is 6.11. The van der Waals surface area contributed by atoms with Gasteiger partial charge in [-0.15, -0.1) is 0 Å². The van der Waals surface area contributed by atoms with Gasteiger partial charge in [0, 0.05) is 196 Å². The molecule has 6 saturated heterocycles. The first-order valence-corrected chi connectivity index (χ1v) is 33.3. The third kappa shape index (κ3) is 17.1. The highest BCUT2D eigenvalue weighted by atomic mass is 35.5. The van der Waals surface area contributed by atoms with Crippen LogP contribution in [0.1, 0.15) is 96.5 Å². The van der Waals surface area contributed by atoms with Gasteiger partial charge in [0.15, 0.2) is 0 Å². The first-order valence-electron chi connectivity index (χ1n) is 32.9. The number of aryl methyl sites for hydroxylation is 1. The van der Waals surface area contributed by atoms with Gasteiger partial charge in [-0.2, -0.15) is 0 Å². The zero-order valence-corrected chi connectivity index (χ0v) is 52.6. The Hall–Kier alpha value is -4.68. The van der Waals surface area contributed by atoms with Crippen molar-refractivity contribution in [1.82, 2.24) is 44.1 Å². The minimum atomic E-state index is 0.303. The summed E-state index contributed by atoms with van der Waals surface area (Å²) in [5.41, 5.74) is 5.02. The lowest BCUT2D eigenvalue weighted by molar-refractivity contribution is -0.135. The third-order valence-corrected chi connectivity index (χ3v) is 20.5. The molecule has 0 spiro atoms. The number of amides is 3. The number of carbonyl (C=O) groups excluding carboxylic acids is 3. The van der Waals surface area contributed by atoms with Crippen molar-refractivity contribution in [3.63, 3.8) is 0 Å². The van der Waals surface area contributed by atoms with Crippen molar-refractivity contribution in [3.8, 4) is 5.75 Å². The molecule has 2 unspecified atom stereocenters. The Balaban J connectivity index is 0.000000140. The molecular weight excluding hydrogens is 1070 g/mol. The number of methoxy groups -OCH3 is 1. The Kier molecular flexibility index (Phi) is 22.9. The van der Waals surface area contributed by atoms with E-state index in [2.05, 4.69) is 122 Å². The molecule has 3 aliphatic carbocycles. The van der Waals surface area contributed by atoms with Crippen molar-refractivity contribution in [3.05, 3.63) is 83.4 Å². The molecule has 0 aromatic heterocycles. The Morgan fingerprint density at radius 1 is 0.440 bits per heavy atom. The summed E-state index contributed by atoms with van der Waals surface area (Å²) in [6.45, 7) is 29.6. The maximum absolute atomic E-state index is 12.9. The van der Waals surface area contributed by atoms with Crippen molar-refractivity contribution in [1.29, 1.82) is 0 Å². The molecule has 3 amide bonds. The number of rotatable bonds is 13. The third-order valence-electron chi connectivity index (χ3n) is 20.3. The van der Waals surface area contributed by atoms with E-state index in [9.17, 15) is 14.4 Å². The van der Waals surface area contributed by atoms with E-state index in [1.54, 1.807) is 7.11 Å². The molecule has 84 heavy (non-hydrogen) atoms. The highest BCUT2D eigenvalue weighted by molar-refractivity contribution is 6.30. The first kappa shape index (κ1) is 62.4. The summed E-state index contributed by atoms with van der Waals surface area (Å²) in [4.78, 5) is 66.8. The smallest absolute Gasteiger partial charge is 0.236 e. The second-order valence-electron chi connectivity index (χ2n) is 25.9. The van der Waals surface area contributed by atoms with E-state index in [1.807, 2.05) is 30.3 Å². The number of hydrogen-bond acceptors (Lipinski definition) is 13. The summed E-state index contributed by atoms with van der Waals surface area (Å²) in [7, 11) is 1.70. The molecule has 0 bridgehead atoms. The zero-order chi connectivity index (χ0) is 58.4. The normalized spacial score (nSPS) is 24.5. The average molecular weight is 1180 g/mol. The highest BCUT2D eigenvalue weighted by Crippen LogP contribution is 2.29. The second-order valence-corrected chi connectivity index (χ2v) is 26.3. The molecule has 12 rings (SSSR count). The fourth-order valence-electron chi connectivity index (χ4n) is 15.2. The van der Waals surface area contributed by atoms with Crippen molar-refractivity contribution in [2.24, 2.45) is 0 Å². The SMILES string of the molecule is COc1ccc(N2CCN(CC(=O)N3CCN(C4CCCC4)CC3)CC2C)cc1.Cc1cccc(N2CCN(CC(=O)N3CCN(C4CCCC4)CC3)CC2C)c1.O=C(CN1CCN(c2cccc(Cl)c2)CC1)N1CCN(C2CCCC2)CC1. The number of benzene rings is 3. The fourth-order valence-corrected chi connectivity index (χ4v) is 15.4.